The summed E-state index contributed by atoms with van der Waals surface area (Å²) < 4.78 is 18.2. The van der Waals surface area contributed by atoms with Crippen molar-refractivity contribution >= 4 is 23.2 Å². The highest BCUT2D eigenvalue weighted by Crippen LogP contribution is 2.14. The Morgan fingerprint density at radius 3 is 2.94 bits per heavy atom. The molecule has 16 heavy (non-hydrogen) atoms. The van der Waals surface area contributed by atoms with Crippen molar-refractivity contribution in [2.24, 2.45) is 0 Å². The van der Waals surface area contributed by atoms with Crippen LogP contribution in [0.4, 0.5) is 4.39 Å². The fourth-order valence-electron chi connectivity index (χ4n) is 1.28. The SMILES string of the molecule is COCC(Cl)CNCc1cc(Cl)ccc1F. The molecule has 0 spiro atoms. The molecule has 1 aromatic rings. The summed E-state index contributed by atoms with van der Waals surface area (Å²) in [5.41, 5.74) is 0.536. The van der Waals surface area contributed by atoms with Gasteiger partial charge in [-0.25, -0.2) is 4.39 Å². The normalized spacial score (nSPS) is 12.8. The van der Waals surface area contributed by atoms with Gasteiger partial charge in [0.2, 0.25) is 0 Å². The lowest BCUT2D eigenvalue weighted by Gasteiger charge is -2.10. The van der Waals surface area contributed by atoms with Gasteiger partial charge in [-0.05, 0) is 18.2 Å². The third kappa shape index (κ3) is 4.66. The molecule has 5 heteroatoms. The van der Waals surface area contributed by atoms with Crippen molar-refractivity contribution in [2.45, 2.75) is 11.9 Å². The fraction of sp³-hybridized carbons (Fsp3) is 0.455. The van der Waals surface area contributed by atoms with Crippen LogP contribution in [0.2, 0.25) is 5.02 Å². The van der Waals surface area contributed by atoms with Crippen molar-refractivity contribution < 1.29 is 9.13 Å². The van der Waals surface area contributed by atoms with Crippen molar-refractivity contribution in [1.29, 1.82) is 0 Å². The Hall–Kier alpha value is -0.350. The van der Waals surface area contributed by atoms with Crippen LogP contribution in [0.1, 0.15) is 5.56 Å². The molecule has 0 radical (unpaired) electrons. The smallest absolute Gasteiger partial charge is 0.127 e. The number of nitrogens with one attached hydrogen (secondary N) is 1. The van der Waals surface area contributed by atoms with Crippen LogP contribution in [0.25, 0.3) is 0 Å². The molecule has 90 valence electrons. The lowest BCUT2D eigenvalue weighted by atomic mass is 10.2. The monoisotopic (exact) mass is 265 g/mol. The molecular formula is C11H14Cl2FNO. The third-order valence-corrected chi connectivity index (χ3v) is 2.55. The molecule has 1 rings (SSSR count). The van der Waals surface area contributed by atoms with E-state index in [0.717, 1.165) is 0 Å². The molecule has 0 fully saturated rings. The summed E-state index contributed by atoms with van der Waals surface area (Å²) in [6, 6.07) is 4.48. The number of hydrogen-bond acceptors (Lipinski definition) is 2. The van der Waals surface area contributed by atoms with Gasteiger partial charge in [0.25, 0.3) is 0 Å². The summed E-state index contributed by atoms with van der Waals surface area (Å²) >= 11 is 11.7. The highest BCUT2D eigenvalue weighted by atomic mass is 35.5. The van der Waals surface area contributed by atoms with E-state index in [-0.39, 0.29) is 11.2 Å². The lowest BCUT2D eigenvalue weighted by molar-refractivity contribution is 0.197. The van der Waals surface area contributed by atoms with E-state index in [1.807, 2.05) is 0 Å². The number of alkyl halides is 1. The van der Waals surface area contributed by atoms with Crippen LogP contribution >= 0.6 is 23.2 Å². The van der Waals surface area contributed by atoms with Gasteiger partial charge in [0.05, 0.1) is 12.0 Å². The minimum atomic E-state index is -0.269. The summed E-state index contributed by atoms with van der Waals surface area (Å²) in [6.07, 6.45) is 0. The maximum absolute atomic E-state index is 13.3. The molecule has 0 bridgehead atoms. The molecule has 1 aromatic carbocycles. The molecule has 1 N–H and O–H groups in total. The summed E-state index contributed by atoms with van der Waals surface area (Å²) in [5.74, 6) is -0.269. The average molecular weight is 266 g/mol. The van der Waals surface area contributed by atoms with Crippen molar-refractivity contribution in [3.8, 4) is 0 Å². The van der Waals surface area contributed by atoms with Gasteiger partial charge in [0.1, 0.15) is 5.82 Å². The van der Waals surface area contributed by atoms with E-state index in [2.05, 4.69) is 5.32 Å². The number of hydrogen-bond donors (Lipinski definition) is 1. The van der Waals surface area contributed by atoms with Gasteiger partial charge in [-0.15, -0.1) is 11.6 Å². The van der Waals surface area contributed by atoms with Crippen LogP contribution in [-0.2, 0) is 11.3 Å². The standard InChI is InChI=1S/C11H14Cl2FNO/c1-16-7-10(13)6-15-5-8-4-9(12)2-3-11(8)14/h2-4,10,15H,5-7H2,1H3. The zero-order chi connectivity index (χ0) is 12.0. The van der Waals surface area contributed by atoms with Gasteiger partial charge in [-0.1, -0.05) is 11.6 Å². The van der Waals surface area contributed by atoms with Gasteiger partial charge in [0, 0.05) is 30.8 Å². The van der Waals surface area contributed by atoms with Crippen molar-refractivity contribution in [1.82, 2.24) is 5.32 Å². The van der Waals surface area contributed by atoms with Crippen LogP contribution in [0, 0.1) is 5.82 Å². The zero-order valence-electron chi connectivity index (χ0n) is 8.97. The van der Waals surface area contributed by atoms with E-state index in [1.165, 1.54) is 12.1 Å². The Balaban J connectivity index is 2.39. The van der Waals surface area contributed by atoms with Gasteiger partial charge in [-0.2, -0.15) is 0 Å². The Labute approximate surface area is 105 Å². The Morgan fingerprint density at radius 2 is 2.25 bits per heavy atom. The fourth-order valence-corrected chi connectivity index (χ4v) is 1.71. The average Bonchev–Trinajstić information content (AvgIpc) is 2.23. The van der Waals surface area contributed by atoms with Crippen LogP contribution in [-0.4, -0.2) is 25.6 Å². The molecule has 0 aliphatic rings. The highest BCUT2D eigenvalue weighted by Gasteiger charge is 2.05. The summed E-state index contributed by atoms with van der Waals surface area (Å²) in [5, 5.41) is 3.45. The van der Waals surface area contributed by atoms with Gasteiger partial charge in [-0.3, -0.25) is 0 Å². The quantitative estimate of drug-likeness (QED) is 0.799. The minimum Gasteiger partial charge on any atom is -0.383 e. The van der Waals surface area contributed by atoms with Gasteiger partial charge < -0.3 is 10.1 Å². The Bertz CT molecular complexity index is 336. The van der Waals surface area contributed by atoms with Crippen molar-refractivity contribution in [2.75, 3.05) is 20.3 Å². The van der Waals surface area contributed by atoms with Crippen LogP contribution in [0.5, 0.6) is 0 Å². The van der Waals surface area contributed by atoms with Crippen LogP contribution in [0.3, 0.4) is 0 Å². The maximum Gasteiger partial charge on any atom is 0.127 e. The molecular weight excluding hydrogens is 252 g/mol. The molecule has 1 atom stereocenters. The summed E-state index contributed by atoms with van der Waals surface area (Å²) in [6.45, 7) is 1.42. The summed E-state index contributed by atoms with van der Waals surface area (Å²) in [7, 11) is 1.59. The van der Waals surface area contributed by atoms with E-state index < -0.39 is 0 Å². The van der Waals surface area contributed by atoms with E-state index in [0.29, 0.717) is 30.3 Å². The minimum absolute atomic E-state index is 0.118. The Kier molecular flexibility index (Phi) is 6.06. The second kappa shape index (κ2) is 7.07. The second-order valence-electron chi connectivity index (χ2n) is 3.42. The van der Waals surface area contributed by atoms with Crippen LogP contribution in [0.15, 0.2) is 18.2 Å². The zero-order valence-corrected chi connectivity index (χ0v) is 10.5. The first-order valence-electron chi connectivity index (χ1n) is 4.91. The lowest BCUT2D eigenvalue weighted by Crippen LogP contribution is -2.26. The molecule has 1 unspecified atom stereocenters. The van der Waals surface area contributed by atoms with E-state index in [1.54, 1.807) is 13.2 Å². The second-order valence-corrected chi connectivity index (χ2v) is 4.47. The number of halogens is 3. The van der Waals surface area contributed by atoms with E-state index in [4.69, 9.17) is 27.9 Å². The molecule has 0 aliphatic heterocycles. The van der Waals surface area contributed by atoms with Crippen molar-refractivity contribution in [3.63, 3.8) is 0 Å². The largest absolute Gasteiger partial charge is 0.383 e. The number of benzene rings is 1. The third-order valence-electron chi connectivity index (χ3n) is 2.04. The maximum atomic E-state index is 13.3. The van der Waals surface area contributed by atoms with Gasteiger partial charge in [0.15, 0.2) is 0 Å². The van der Waals surface area contributed by atoms with Gasteiger partial charge >= 0.3 is 0 Å². The molecule has 2 nitrogen and oxygen atoms in total. The number of rotatable bonds is 6. The molecule has 0 aromatic heterocycles. The first-order valence-corrected chi connectivity index (χ1v) is 5.72. The van der Waals surface area contributed by atoms with Crippen LogP contribution < -0.4 is 5.32 Å². The van der Waals surface area contributed by atoms with Crippen molar-refractivity contribution in [3.05, 3.63) is 34.6 Å². The highest BCUT2D eigenvalue weighted by molar-refractivity contribution is 6.30. The molecule has 0 aliphatic carbocycles. The predicted molar refractivity (Wildman–Crippen MR) is 64.6 cm³/mol. The Morgan fingerprint density at radius 1 is 1.50 bits per heavy atom. The molecule has 0 saturated heterocycles. The first kappa shape index (κ1) is 13.7. The van der Waals surface area contributed by atoms with E-state index in [9.17, 15) is 4.39 Å². The molecule has 0 saturated carbocycles. The first-order chi connectivity index (χ1) is 7.63. The summed E-state index contributed by atoms with van der Waals surface area (Å²) in [4.78, 5) is 0. The molecule has 0 heterocycles. The van der Waals surface area contributed by atoms with E-state index >= 15 is 0 Å². The molecule has 0 amide bonds. The number of ether oxygens (including phenoxy) is 1. The topological polar surface area (TPSA) is 21.3 Å². The number of methoxy groups -OCH3 is 1. The predicted octanol–water partition coefficient (Wildman–Crippen LogP) is 2.82.